The Morgan fingerprint density at radius 1 is 1.29 bits per heavy atom. The summed E-state index contributed by atoms with van der Waals surface area (Å²) in [4.78, 5) is 19.7. The first-order valence-electron chi connectivity index (χ1n) is 11.9. The highest BCUT2D eigenvalue weighted by Gasteiger charge is 2.44. The van der Waals surface area contributed by atoms with Crippen LogP contribution in [0, 0.1) is 12.7 Å². The Morgan fingerprint density at radius 2 is 2.11 bits per heavy atom. The van der Waals surface area contributed by atoms with Crippen LogP contribution in [0.5, 0.6) is 0 Å². The zero-order chi connectivity index (χ0) is 24.3. The summed E-state index contributed by atoms with van der Waals surface area (Å²) in [5, 5.41) is 21.6. The average Bonchev–Trinajstić information content (AvgIpc) is 3.10. The maximum atomic E-state index is 14.5. The second-order valence-electron chi connectivity index (χ2n) is 9.86. The molecule has 6 rings (SSSR count). The molecule has 3 N–H and O–H groups in total. The number of fused-ring (bicyclic) bond motifs is 2. The number of carbonyl (C=O) groups excluding carboxylic acids is 1. The van der Waals surface area contributed by atoms with Crippen molar-refractivity contribution in [1.82, 2.24) is 24.5 Å². The lowest BCUT2D eigenvalue weighted by Crippen LogP contribution is -2.44. The SMILES string of the molecule is Cc1cn2cc(NC(=O)c3ccc(N4CC[C@@H](NC5(CO)CC5)C4)c4cn(C)nc34)cc(F)c2n1. The number of aryl methyl sites for hydroxylation is 2. The Balaban J connectivity index is 1.27. The predicted molar refractivity (Wildman–Crippen MR) is 131 cm³/mol. The predicted octanol–water partition coefficient (Wildman–Crippen LogP) is 2.61. The van der Waals surface area contributed by atoms with Gasteiger partial charge in [-0.1, -0.05) is 0 Å². The zero-order valence-corrected chi connectivity index (χ0v) is 19.8. The number of hydrogen-bond acceptors (Lipinski definition) is 6. The van der Waals surface area contributed by atoms with Crippen LogP contribution in [-0.2, 0) is 7.05 Å². The van der Waals surface area contributed by atoms with Gasteiger partial charge in [0.1, 0.15) is 5.52 Å². The van der Waals surface area contributed by atoms with E-state index in [1.807, 2.05) is 19.3 Å². The van der Waals surface area contributed by atoms with Gasteiger partial charge in [-0.05, 0) is 38.3 Å². The van der Waals surface area contributed by atoms with Gasteiger partial charge in [-0.2, -0.15) is 5.10 Å². The minimum absolute atomic E-state index is 0.0931. The van der Waals surface area contributed by atoms with Crippen molar-refractivity contribution in [2.45, 2.75) is 37.8 Å². The third-order valence-electron chi connectivity index (χ3n) is 7.09. The summed E-state index contributed by atoms with van der Waals surface area (Å²) in [5.41, 5.74) is 3.24. The summed E-state index contributed by atoms with van der Waals surface area (Å²) in [5.74, 6) is -0.851. The van der Waals surface area contributed by atoms with Gasteiger partial charge in [0.2, 0.25) is 0 Å². The second-order valence-corrected chi connectivity index (χ2v) is 9.86. The number of aliphatic hydroxyl groups is 1. The molecule has 0 unspecified atom stereocenters. The summed E-state index contributed by atoms with van der Waals surface area (Å²) in [6, 6.07) is 5.34. The molecule has 9 nitrogen and oxygen atoms in total. The third kappa shape index (κ3) is 3.92. The smallest absolute Gasteiger partial charge is 0.257 e. The minimum atomic E-state index is -0.499. The van der Waals surface area contributed by atoms with Gasteiger partial charge in [0, 0.05) is 67.4 Å². The van der Waals surface area contributed by atoms with E-state index in [0.717, 1.165) is 43.4 Å². The van der Waals surface area contributed by atoms with E-state index in [4.69, 9.17) is 0 Å². The van der Waals surface area contributed by atoms with Gasteiger partial charge >= 0.3 is 0 Å². The molecule has 3 aromatic heterocycles. The number of amides is 1. The Bertz CT molecular complexity index is 1460. The topological polar surface area (TPSA) is 99.7 Å². The molecule has 0 radical (unpaired) electrons. The van der Waals surface area contributed by atoms with Crippen LogP contribution >= 0.6 is 0 Å². The number of carbonyl (C=O) groups is 1. The van der Waals surface area contributed by atoms with Crippen molar-refractivity contribution >= 4 is 33.8 Å². The molecule has 4 aromatic rings. The summed E-state index contributed by atoms with van der Waals surface area (Å²) in [6.07, 6.45) is 8.33. The number of anilines is 2. The van der Waals surface area contributed by atoms with Crippen molar-refractivity contribution in [3.05, 3.63) is 53.9 Å². The van der Waals surface area contributed by atoms with Crippen molar-refractivity contribution in [2.24, 2.45) is 7.05 Å². The summed E-state index contributed by atoms with van der Waals surface area (Å²) in [7, 11) is 1.84. The van der Waals surface area contributed by atoms with Crippen LogP contribution in [0.1, 0.15) is 35.3 Å². The molecule has 1 aromatic carbocycles. The molecule has 1 aliphatic carbocycles. The molecule has 1 aliphatic heterocycles. The normalized spacial score (nSPS) is 19.1. The van der Waals surface area contributed by atoms with E-state index in [9.17, 15) is 14.3 Å². The Kier molecular flexibility index (Phi) is 5.05. The number of hydrogen-bond donors (Lipinski definition) is 3. The molecule has 0 spiro atoms. The van der Waals surface area contributed by atoms with Crippen LogP contribution in [0.4, 0.5) is 15.8 Å². The first kappa shape index (κ1) is 22.0. The fourth-order valence-corrected chi connectivity index (χ4v) is 5.14. The number of imidazole rings is 1. The van der Waals surface area contributed by atoms with Crippen LogP contribution in [0.15, 0.2) is 36.8 Å². The average molecular weight is 478 g/mol. The molecule has 1 atom stereocenters. The highest BCUT2D eigenvalue weighted by molar-refractivity contribution is 6.13. The lowest BCUT2D eigenvalue weighted by molar-refractivity contribution is 0.102. The highest BCUT2D eigenvalue weighted by atomic mass is 19.1. The van der Waals surface area contributed by atoms with E-state index in [2.05, 4.69) is 25.6 Å². The standard InChI is InChI=1S/C25H28FN7O2/c1-15-10-33-12-17(9-20(26)23(33)27-15)28-24(35)18-3-4-21(19-13-31(2)30-22(18)19)32-8-5-16(11-32)29-25(14-34)6-7-25/h3-4,9-10,12-13,16,29,34H,5-8,11,14H2,1-2H3,(H,28,35)/t16-/m1/s1. The number of rotatable bonds is 6. The molecule has 4 heterocycles. The number of aromatic nitrogens is 4. The number of nitrogens with one attached hydrogen (secondary N) is 2. The molecule has 1 saturated heterocycles. The second kappa shape index (κ2) is 8.03. The van der Waals surface area contributed by atoms with Gasteiger partial charge in [-0.25, -0.2) is 9.37 Å². The fraction of sp³-hybridized carbons (Fsp3) is 0.400. The van der Waals surface area contributed by atoms with Gasteiger partial charge in [0.25, 0.3) is 5.91 Å². The molecule has 2 aliphatic rings. The molecule has 182 valence electrons. The Morgan fingerprint density at radius 3 is 2.89 bits per heavy atom. The molecular weight excluding hydrogens is 449 g/mol. The fourth-order valence-electron chi connectivity index (χ4n) is 5.14. The molecule has 2 fully saturated rings. The van der Waals surface area contributed by atoms with Crippen molar-refractivity contribution in [1.29, 1.82) is 0 Å². The summed E-state index contributed by atoms with van der Waals surface area (Å²) in [6.45, 7) is 3.69. The minimum Gasteiger partial charge on any atom is -0.394 e. The van der Waals surface area contributed by atoms with E-state index >= 15 is 0 Å². The summed E-state index contributed by atoms with van der Waals surface area (Å²) >= 11 is 0. The van der Waals surface area contributed by atoms with Gasteiger partial charge in [-0.15, -0.1) is 0 Å². The number of aliphatic hydroxyl groups excluding tert-OH is 1. The van der Waals surface area contributed by atoms with Crippen LogP contribution < -0.4 is 15.5 Å². The zero-order valence-electron chi connectivity index (χ0n) is 19.8. The van der Waals surface area contributed by atoms with Gasteiger partial charge in [0.05, 0.1) is 23.6 Å². The molecule has 1 amide bonds. The maximum Gasteiger partial charge on any atom is 0.257 e. The van der Waals surface area contributed by atoms with Crippen LogP contribution in [0.3, 0.4) is 0 Å². The first-order chi connectivity index (χ1) is 16.8. The van der Waals surface area contributed by atoms with Crippen LogP contribution in [-0.4, -0.2) is 61.5 Å². The Hall–Kier alpha value is -3.50. The van der Waals surface area contributed by atoms with Gasteiger partial charge < -0.3 is 25.0 Å². The van der Waals surface area contributed by atoms with Gasteiger partial charge in [0.15, 0.2) is 11.5 Å². The van der Waals surface area contributed by atoms with E-state index in [-0.39, 0.29) is 23.7 Å². The Labute approximate surface area is 201 Å². The van der Waals surface area contributed by atoms with E-state index in [1.165, 1.54) is 6.07 Å². The van der Waals surface area contributed by atoms with Crippen molar-refractivity contribution in [2.75, 3.05) is 29.9 Å². The van der Waals surface area contributed by atoms with E-state index in [0.29, 0.717) is 28.5 Å². The highest BCUT2D eigenvalue weighted by Crippen LogP contribution is 2.37. The lowest BCUT2D eigenvalue weighted by atomic mass is 10.1. The molecular formula is C25H28FN7O2. The van der Waals surface area contributed by atoms with E-state index in [1.54, 1.807) is 34.5 Å². The largest absolute Gasteiger partial charge is 0.394 e. The van der Waals surface area contributed by atoms with Gasteiger partial charge in [-0.3, -0.25) is 9.48 Å². The molecule has 10 heteroatoms. The number of pyridine rings is 1. The third-order valence-corrected chi connectivity index (χ3v) is 7.09. The van der Waals surface area contributed by atoms with Crippen molar-refractivity contribution in [3.8, 4) is 0 Å². The monoisotopic (exact) mass is 477 g/mol. The van der Waals surface area contributed by atoms with Crippen LogP contribution in [0.2, 0.25) is 0 Å². The maximum absolute atomic E-state index is 14.5. The van der Waals surface area contributed by atoms with Crippen molar-refractivity contribution < 1.29 is 14.3 Å². The van der Waals surface area contributed by atoms with Crippen molar-refractivity contribution in [3.63, 3.8) is 0 Å². The lowest BCUT2D eigenvalue weighted by Gasteiger charge is -2.23. The number of nitrogens with zero attached hydrogens (tertiary/aromatic N) is 5. The molecule has 0 bridgehead atoms. The quantitative estimate of drug-likeness (QED) is 0.395. The van der Waals surface area contributed by atoms with Crippen LogP contribution in [0.25, 0.3) is 16.6 Å². The number of halogens is 1. The summed E-state index contributed by atoms with van der Waals surface area (Å²) < 4.78 is 17.8. The number of benzene rings is 1. The first-order valence-corrected chi connectivity index (χ1v) is 11.9. The molecule has 1 saturated carbocycles. The van der Waals surface area contributed by atoms with E-state index < -0.39 is 5.82 Å². The molecule has 35 heavy (non-hydrogen) atoms.